The molecule has 1 heterocycles. The Bertz CT molecular complexity index is 672. The van der Waals surface area contributed by atoms with Crippen LogP contribution in [0, 0.1) is 0 Å². The summed E-state index contributed by atoms with van der Waals surface area (Å²) in [6.45, 7) is 1.90. The third kappa shape index (κ3) is 3.50. The van der Waals surface area contributed by atoms with E-state index in [2.05, 4.69) is 0 Å². The number of benzene rings is 1. The standard InChI is InChI=1S/C16H24N2O4S/c1-12(16(19)17(2)3)23(20,21)18-10-6-9-15(18)13-7-5-8-14(11-13)22-4/h5,7-8,11-12,15H,6,9-10H2,1-4H3/t12-,15-/m0/s1. The first kappa shape index (κ1) is 17.7. The number of carbonyl (C=O) groups excluding carboxylic acids is 1. The highest BCUT2D eigenvalue weighted by molar-refractivity contribution is 7.90. The molecule has 1 aromatic rings. The Morgan fingerprint density at radius 3 is 2.70 bits per heavy atom. The molecule has 1 saturated heterocycles. The highest BCUT2D eigenvalue weighted by atomic mass is 32.2. The van der Waals surface area contributed by atoms with Gasteiger partial charge in [-0.05, 0) is 37.5 Å². The molecular formula is C16H24N2O4S. The van der Waals surface area contributed by atoms with Crippen molar-refractivity contribution in [1.29, 1.82) is 0 Å². The van der Waals surface area contributed by atoms with Gasteiger partial charge in [0.15, 0.2) is 5.25 Å². The summed E-state index contributed by atoms with van der Waals surface area (Å²) >= 11 is 0. The number of ether oxygens (including phenoxy) is 1. The summed E-state index contributed by atoms with van der Waals surface area (Å²) in [5.74, 6) is 0.297. The molecule has 0 N–H and O–H groups in total. The topological polar surface area (TPSA) is 66.9 Å². The molecule has 0 aromatic heterocycles. The van der Waals surface area contributed by atoms with Crippen LogP contribution in [-0.4, -0.2) is 56.5 Å². The molecule has 1 aliphatic heterocycles. The maximum absolute atomic E-state index is 12.9. The van der Waals surface area contributed by atoms with Gasteiger partial charge in [-0.3, -0.25) is 4.79 Å². The van der Waals surface area contributed by atoms with Crippen molar-refractivity contribution in [1.82, 2.24) is 9.21 Å². The van der Waals surface area contributed by atoms with Crippen LogP contribution in [0.1, 0.15) is 31.4 Å². The molecule has 128 valence electrons. The minimum atomic E-state index is -3.70. The number of methoxy groups -OCH3 is 1. The Hall–Kier alpha value is -1.60. The molecule has 0 spiro atoms. The van der Waals surface area contributed by atoms with Gasteiger partial charge < -0.3 is 9.64 Å². The number of hydrogen-bond donors (Lipinski definition) is 0. The first-order valence-corrected chi connectivity index (χ1v) is 9.15. The number of sulfonamides is 1. The van der Waals surface area contributed by atoms with Gasteiger partial charge >= 0.3 is 0 Å². The zero-order valence-electron chi connectivity index (χ0n) is 14.0. The third-order valence-electron chi connectivity index (χ3n) is 4.24. The number of carbonyl (C=O) groups is 1. The van der Waals surface area contributed by atoms with Gasteiger partial charge in [-0.25, -0.2) is 8.42 Å². The summed E-state index contributed by atoms with van der Waals surface area (Å²) in [5.41, 5.74) is 0.898. The van der Waals surface area contributed by atoms with Crippen LogP contribution in [0.4, 0.5) is 0 Å². The maximum Gasteiger partial charge on any atom is 0.241 e. The van der Waals surface area contributed by atoms with E-state index in [1.54, 1.807) is 21.2 Å². The normalized spacial score (nSPS) is 20.3. The van der Waals surface area contributed by atoms with Crippen LogP contribution in [0.25, 0.3) is 0 Å². The quantitative estimate of drug-likeness (QED) is 0.817. The van der Waals surface area contributed by atoms with Gasteiger partial charge in [-0.15, -0.1) is 0 Å². The van der Waals surface area contributed by atoms with E-state index in [0.29, 0.717) is 12.3 Å². The number of amides is 1. The van der Waals surface area contributed by atoms with Crippen LogP contribution < -0.4 is 4.74 Å². The average Bonchev–Trinajstić information content (AvgIpc) is 3.03. The summed E-state index contributed by atoms with van der Waals surface area (Å²) in [6.07, 6.45) is 1.53. The van der Waals surface area contributed by atoms with Crippen molar-refractivity contribution < 1.29 is 17.9 Å². The van der Waals surface area contributed by atoms with Crippen molar-refractivity contribution in [2.24, 2.45) is 0 Å². The summed E-state index contributed by atoms with van der Waals surface area (Å²) in [7, 11) is 1.02. The molecule has 2 rings (SSSR count). The number of rotatable bonds is 5. The van der Waals surface area contributed by atoms with E-state index in [1.807, 2.05) is 24.3 Å². The van der Waals surface area contributed by atoms with Gasteiger partial charge in [0, 0.05) is 26.7 Å². The average molecular weight is 340 g/mol. The lowest BCUT2D eigenvalue weighted by Crippen LogP contribution is -2.44. The van der Waals surface area contributed by atoms with Crippen molar-refractivity contribution in [2.45, 2.75) is 31.1 Å². The number of hydrogen-bond acceptors (Lipinski definition) is 4. The van der Waals surface area contributed by atoms with E-state index in [9.17, 15) is 13.2 Å². The molecule has 1 fully saturated rings. The molecule has 2 atom stereocenters. The van der Waals surface area contributed by atoms with E-state index >= 15 is 0 Å². The molecule has 0 bridgehead atoms. The monoisotopic (exact) mass is 340 g/mol. The molecule has 0 radical (unpaired) electrons. The van der Waals surface area contributed by atoms with Gasteiger partial charge in [0.1, 0.15) is 5.75 Å². The molecule has 0 unspecified atom stereocenters. The highest BCUT2D eigenvalue weighted by Gasteiger charge is 2.41. The summed E-state index contributed by atoms with van der Waals surface area (Å²) < 4.78 is 32.4. The van der Waals surface area contributed by atoms with Crippen LogP contribution in [-0.2, 0) is 14.8 Å². The van der Waals surface area contributed by atoms with Gasteiger partial charge in [-0.1, -0.05) is 12.1 Å². The fourth-order valence-corrected chi connectivity index (χ4v) is 4.76. The second kappa shape index (κ2) is 6.88. The predicted molar refractivity (Wildman–Crippen MR) is 88.8 cm³/mol. The Labute approximate surface area is 138 Å². The zero-order chi connectivity index (χ0) is 17.2. The summed E-state index contributed by atoms with van der Waals surface area (Å²) in [5, 5.41) is -1.08. The molecule has 6 nitrogen and oxygen atoms in total. The van der Waals surface area contributed by atoms with Crippen molar-refractivity contribution >= 4 is 15.9 Å². The zero-order valence-corrected chi connectivity index (χ0v) is 14.8. The van der Waals surface area contributed by atoms with Crippen molar-refractivity contribution in [3.05, 3.63) is 29.8 Å². The Morgan fingerprint density at radius 1 is 1.39 bits per heavy atom. The molecule has 0 aliphatic carbocycles. The minimum absolute atomic E-state index is 0.243. The van der Waals surface area contributed by atoms with Crippen LogP contribution >= 0.6 is 0 Å². The van der Waals surface area contributed by atoms with E-state index in [0.717, 1.165) is 18.4 Å². The Kier molecular flexibility index (Phi) is 5.31. The van der Waals surface area contributed by atoms with Gasteiger partial charge in [0.2, 0.25) is 15.9 Å². The minimum Gasteiger partial charge on any atom is -0.497 e. The van der Waals surface area contributed by atoms with Crippen LogP contribution in [0.5, 0.6) is 5.75 Å². The summed E-state index contributed by atoms with van der Waals surface area (Å²) in [6, 6.07) is 7.20. The van der Waals surface area contributed by atoms with Gasteiger partial charge in [-0.2, -0.15) is 4.31 Å². The molecule has 1 aromatic carbocycles. The number of nitrogens with zero attached hydrogens (tertiary/aromatic N) is 2. The smallest absolute Gasteiger partial charge is 0.241 e. The fourth-order valence-electron chi connectivity index (χ4n) is 2.92. The van der Waals surface area contributed by atoms with Crippen LogP contribution in [0.3, 0.4) is 0 Å². The molecule has 7 heteroatoms. The Balaban J connectivity index is 2.32. The summed E-state index contributed by atoms with van der Waals surface area (Å²) in [4.78, 5) is 13.4. The van der Waals surface area contributed by atoms with Crippen LogP contribution in [0.15, 0.2) is 24.3 Å². The second-order valence-corrected chi connectivity index (χ2v) is 8.17. The third-order valence-corrected chi connectivity index (χ3v) is 6.43. The van der Waals surface area contributed by atoms with E-state index in [-0.39, 0.29) is 6.04 Å². The lowest BCUT2D eigenvalue weighted by Gasteiger charge is -2.28. The first-order valence-electron chi connectivity index (χ1n) is 7.64. The largest absolute Gasteiger partial charge is 0.497 e. The predicted octanol–water partition coefficient (Wildman–Crippen LogP) is 1.64. The molecular weight excluding hydrogens is 316 g/mol. The molecule has 0 saturated carbocycles. The first-order chi connectivity index (χ1) is 10.8. The van der Waals surface area contributed by atoms with Gasteiger partial charge in [0.25, 0.3) is 0 Å². The van der Waals surface area contributed by atoms with Crippen molar-refractivity contribution in [3.8, 4) is 5.75 Å². The van der Waals surface area contributed by atoms with E-state index < -0.39 is 21.2 Å². The molecule has 1 aliphatic rings. The van der Waals surface area contributed by atoms with Gasteiger partial charge in [0.05, 0.1) is 7.11 Å². The highest BCUT2D eigenvalue weighted by Crippen LogP contribution is 2.36. The lowest BCUT2D eigenvalue weighted by atomic mass is 10.1. The molecule has 1 amide bonds. The fraction of sp³-hybridized carbons (Fsp3) is 0.562. The van der Waals surface area contributed by atoms with E-state index in [1.165, 1.54) is 16.1 Å². The van der Waals surface area contributed by atoms with Crippen LogP contribution in [0.2, 0.25) is 0 Å². The van der Waals surface area contributed by atoms with E-state index in [4.69, 9.17) is 4.74 Å². The van der Waals surface area contributed by atoms with Crippen molar-refractivity contribution in [3.63, 3.8) is 0 Å². The lowest BCUT2D eigenvalue weighted by molar-refractivity contribution is -0.128. The molecule has 23 heavy (non-hydrogen) atoms. The van der Waals surface area contributed by atoms with Crippen molar-refractivity contribution in [2.75, 3.05) is 27.7 Å². The SMILES string of the molecule is COc1cccc([C@@H]2CCCN2S(=O)(=O)[C@@H](C)C(=O)N(C)C)c1. The maximum atomic E-state index is 12.9. The second-order valence-electron chi connectivity index (χ2n) is 5.97. The Morgan fingerprint density at radius 2 is 2.09 bits per heavy atom.